The number of nitrogens with one attached hydrogen (secondary N) is 2. The van der Waals surface area contributed by atoms with Crippen molar-refractivity contribution in [2.75, 3.05) is 18.4 Å². The molecular weight excluding hydrogens is 384 g/mol. The lowest BCUT2D eigenvalue weighted by atomic mass is 10.2. The zero-order valence-electron chi connectivity index (χ0n) is 16.5. The first kappa shape index (κ1) is 19.2. The SMILES string of the molecule is Cc1nc(NCCNC(=O)c2cccc(-n3cnnn3)c2)cc(-n2ccnc2C)n1. The lowest BCUT2D eigenvalue weighted by molar-refractivity contribution is 0.0955. The van der Waals surface area contributed by atoms with Crippen LogP contribution in [0.1, 0.15) is 22.0 Å². The Balaban J connectivity index is 1.34. The Morgan fingerprint density at radius 3 is 2.80 bits per heavy atom. The molecule has 0 aliphatic heterocycles. The molecule has 3 heterocycles. The Hall–Kier alpha value is -4.15. The highest BCUT2D eigenvalue weighted by Gasteiger charge is 2.08. The van der Waals surface area contributed by atoms with Gasteiger partial charge < -0.3 is 10.6 Å². The summed E-state index contributed by atoms with van der Waals surface area (Å²) in [5.74, 6) is 2.73. The molecule has 2 N–H and O–H groups in total. The summed E-state index contributed by atoms with van der Waals surface area (Å²) in [4.78, 5) is 25.5. The number of hydrogen-bond acceptors (Lipinski definition) is 8. The third kappa shape index (κ3) is 4.29. The van der Waals surface area contributed by atoms with Gasteiger partial charge in [0.25, 0.3) is 5.91 Å². The van der Waals surface area contributed by atoms with E-state index in [0.29, 0.717) is 36.0 Å². The number of nitrogens with zero attached hydrogens (tertiary/aromatic N) is 8. The Bertz CT molecular complexity index is 1150. The minimum absolute atomic E-state index is 0.180. The third-order valence-corrected chi connectivity index (χ3v) is 4.34. The number of rotatable bonds is 7. The Morgan fingerprint density at radius 2 is 2.03 bits per heavy atom. The number of imidazole rings is 1. The molecule has 152 valence electrons. The van der Waals surface area contributed by atoms with Crippen molar-refractivity contribution in [1.82, 2.24) is 45.0 Å². The highest BCUT2D eigenvalue weighted by molar-refractivity contribution is 5.94. The molecule has 11 nitrogen and oxygen atoms in total. The normalized spacial score (nSPS) is 10.7. The van der Waals surface area contributed by atoms with Crippen molar-refractivity contribution in [2.24, 2.45) is 0 Å². The van der Waals surface area contributed by atoms with Gasteiger partial charge in [0, 0.05) is 37.1 Å². The first-order valence-corrected chi connectivity index (χ1v) is 9.31. The number of anilines is 1. The lowest BCUT2D eigenvalue weighted by Crippen LogP contribution is -2.29. The number of aryl methyl sites for hydroxylation is 2. The summed E-state index contributed by atoms with van der Waals surface area (Å²) in [7, 11) is 0. The van der Waals surface area contributed by atoms with Gasteiger partial charge in [-0.25, -0.2) is 19.6 Å². The maximum atomic E-state index is 12.4. The Labute approximate surface area is 172 Å². The molecule has 0 atom stereocenters. The van der Waals surface area contributed by atoms with Crippen LogP contribution in [0.4, 0.5) is 5.82 Å². The van der Waals surface area contributed by atoms with E-state index in [9.17, 15) is 4.79 Å². The molecule has 0 aliphatic rings. The van der Waals surface area contributed by atoms with Crippen molar-refractivity contribution in [1.29, 1.82) is 0 Å². The van der Waals surface area contributed by atoms with Crippen LogP contribution in [-0.2, 0) is 0 Å². The Kier molecular flexibility index (Phi) is 5.42. The summed E-state index contributed by atoms with van der Waals surface area (Å²) >= 11 is 0. The van der Waals surface area contributed by atoms with Gasteiger partial charge in [0.15, 0.2) is 0 Å². The summed E-state index contributed by atoms with van der Waals surface area (Å²) in [6.45, 7) is 4.68. The molecule has 4 rings (SSSR count). The van der Waals surface area contributed by atoms with E-state index in [4.69, 9.17) is 0 Å². The monoisotopic (exact) mass is 404 g/mol. The fraction of sp³-hybridized carbons (Fsp3) is 0.211. The molecule has 0 radical (unpaired) electrons. The molecule has 30 heavy (non-hydrogen) atoms. The van der Waals surface area contributed by atoms with Gasteiger partial charge >= 0.3 is 0 Å². The molecule has 4 aromatic rings. The van der Waals surface area contributed by atoms with Crippen LogP contribution in [0.5, 0.6) is 0 Å². The van der Waals surface area contributed by atoms with Crippen LogP contribution < -0.4 is 10.6 Å². The van der Waals surface area contributed by atoms with Crippen LogP contribution in [0.3, 0.4) is 0 Å². The third-order valence-electron chi connectivity index (χ3n) is 4.34. The second-order valence-corrected chi connectivity index (χ2v) is 6.49. The average molecular weight is 404 g/mol. The standard InChI is InChI=1S/C19H20N10O/c1-13-24-17(11-18(25-13)28-9-8-20-14(28)2)21-6-7-22-19(30)15-4-3-5-16(10-15)29-12-23-26-27-29/h3-5,8-12H,6-7H2,1-2H3,(H,22,30)(H,21,24,25). The fourth-order valence-electron chi connectivity index (χ4n) is 2.92. The highest BCUT2D eigenvalue weighted by atomic mass is 16.1. The van der Waals surface area contributed by atoms with Crippen molar-refractivity contribution in [3.05, 3.63) is 66.3 Å². The van der Waals surface area contributed by atoms with Crippen molar-refractivity contribution < 1.29 is 4.79 Å². The van der Waals surface area contributed by atoms with E-state index in [1.165, 1.54) is 11.0 Å². The Morgan fingerprint density at radius 1 is 1.13 bits per heavy atom. The molecule has 0 bridgehead atoms. The predicted molar refractivity (Wildman–Crippen MR) is 109 cm³/mol. The van der Waals surface area contributed by atoms with Gasteiger partial charge in [0.1, 0.15) is 29.6 Å². The lowest BCUT2D eigenvalue weighted by Gasteiger charge is -2.11. The molecule has 0 unspecified atom stereocenters. The largest absolute Gasteiger partial charge is 0.368 e. The van der Waals surface area contributed by atoms with E-state index in [1.54, 1.807) is 24.4 Å². The zero-order chi connectivity index (χ0) is 20.9. The van der Waals surface area contributed by atoms with Gasteiger partial charge in [-0.1, -0.05) is 6.07 Å². The molecular formula is C19H20N10O. The zero-order valence-corrected chi connectivity index (χ0v) is 16.5. The van der Waals surface area contributed by atoms with Crippen LogP contribution in [0, 0.1) is 13.8 Å². The van der Waals surface area contributed by atoms with E-state index in [1.807, 2.05) is 36.7 Å². The summed E-state index contributed by atoms with van der Waals surface area (Å²) in [5, 5.41) is 17.1. The topological polar surface area (TPSA) is 128 Å². The number of aromatic nitrogens is 8. The van der Waals surface area contributed by atoms with Crippen LogP contribution in [0.15, 0.2) is 49.1 Å². The summed E-state index contributed by atoms with van der Waals surface area (Å²) in [5.41, 5.74) is 1.24. The van der Waals surface area contributed by atoms with E-state index in [0.717, 1.165) is 11.6 Å². The van der Waals surface area contributed by atoms with Gasteiger partial charge in [0.2, 0.25) is 0 Å². The molecule has 0 fully saturated rings. The first-order chi connectivity index (χ1) is 14.6. The molecule has 0 saturated heterocycles. The van der Waals surface area contributed by atoms with Gasteiger partial charge in [-0.15, -0.1) is 5.10 Å². The highest BCUT2D eigenvalue weighted by Crippen LogP contribution is 2.12. The van der Waals surface area contributed by atoms with Crippen molar-refractivity contribution in [2.45, 2.75) is 13.8 Å². The minimum atomic E-state index is -0.180. The van der Waals surface area contributed by atoms with Gasteiger partial charge in [-0.3, -0.25) is 9.36 Å². The number of tetrazole rings is 1. The smallest absolute Gasteiger partial charge is 0.251 e. The fourth-order valence-corrected chi connectivity index (χ4v) is 2.92. The predicted octanol–water partition coefficient (Wildman–Crippen LogP) is 1.10. The molecule has 11 heteroatoms. The van der Waals surface area contributed by atoms with Crippen LogP contribution in [0.25, 0.3) is 11.5 Å². The first-order valence-electron chi connectivity index (χ1n) is 9.31. The number of benzene rings is 1. The summed E-state index contributed by atoms with van der Waals surface area (Å²) in [6, 6.07) is 8.93. The van der Waals surface area contributed by atoms with Crippen molar-refractivity contribution in [3.8, 4) is 11.5 Å². The van der Waals surface area contributed by atoms with Crippen LogP contribution in [0.2, 0.25) is 0 Å². The quantitative estimate of drug-likeness (QED) is 0.438. The van der Waals surface area contributed by atoms with Gasteiger partial charge in [0.05, 0.1) is 5.69 Å². The van der Waals surface area contributed by atoms with E-state index in [-0.39, 0.29) is 5.91 Å². The molecule has 1 aromatic carbocycles. The van der Waals surface area contributed by atoms with Crippen LogP contribution >= 0.6 is 0 Å². The number of amides is 1. The summed E-state index contributed by atoms with van der Waals surface area (Å²) in [6.07, 6.45) is 5.05. The van der Waals surface area contributed by atoms with E-state index < -0.39 is 0 Å². The number of carbonyl (C=O) groups excluding carboxylic acids is 1. The second kappa shape index (κ2) is 8.47. The van der Waals surface area contributed by atoms with E-state index in [2.05, 4.69) is 41.1 Å². The summed E-state index contributed by atoms with van der Waals surface area (Å²) < 4.78 is 3.38. The molecule has 0 spiro atoms. The minimum Gasteiger partial charge on any atom is -0.368 e. The van der Waals surface area contributed by atoms with Gasteiger partial charge in [-0.05, 0) is 42.5 Å². The molecule has 3 aromatic heterocycles. The number of hydrogen-bond donors (Lipinski definition) is 2. The van der Waals surface area contributed by atoms with E-state index >= 15 is 0 Å². The maximum absolute atomic E-state index is 12.4. The molecule has 1 amide bonds. The molecule has 0 saturated carbocycles. The van der Waals surface area contributed by atoms with Gasteiger partial charge in [-0.2, -0.15) is 0 Å². The van der Waals surface area contributed by atoms with Crippen LogP contribution in [-0.4, -0.2) is 58.7 Å². The average Bonchev–Trinajstić information content (AvgIpc) is 3.43. The number of carbonyl (C=O) groups is 1. The maximum Gasteiger partial charge on any atom is 0.251 e. The molecule has 0 aliphatic carbocycles. The van der Waals surface area contributed by atoms with Crippen molar-refractivity contribution in [3.63, 3.8) is 0 Å². The van der Waals surface area contributed by atoms with Crippen molar-refractivity contribution >= 4 is 11.7 Å². The second-order valence-electron chi connectivity index (χ2n) is 6.49.